The van der Waals surface area contributed by atoms with Gasteiger partial charge in [-0.1, -0.05) is 0 Å². The van der Waals surface area contributed by atoms with Crippen molar-refractivity contribution in [3.8, 4) is 11.3 Å². The van der Waals surface area contributed by atoms with Crippen LogP contribution in [0.2, 0.25) is 0 Å². The molecule has 2 aromatic heterocycles. The summed E-state index contributed by atoms with van der Waals surface area (Å²) in [7, 11) is -4.05. The average Bonchev–Trinajstić information content (AvgIpc) is 3.44. The number of sulfonamides is 1. The number of hydrogen-bond donors (Lipinski definition) is 2. The number of amides is 1. The quantitative estimate of drug-likeness (QED) is 0.562. The van der Waals surface area contributed by atoms with Crippen molar-refractivity contribution in [3.05, 3.63) is 52.5 Å². The van der Waals surface area contributed by atoms with Gasteiger partial charge in [-0.3, -0.25) is 9.52 Å². The molecule has 1 aromatic carbocycles. The van der Waals surface area contributed by atoms with Crippen LogP contribution in [0.4, 0.5) is 19.6 Å². The van der Waals surface area contributed by atoms with E-state index in [9.17, 15) is 22.0 Å². The van der Waals surface area contributed by atoms with Crippen LogP contribution < -0.4 is 10.0 Å². The van der Waals surface area contributed by atoms with E-state index in [0.29, 0.717) is 22.5 Å². The molecule has 0 spiro atoms. The molecule has 1 amide bonds. The fourth-order valence-corrected chi connectivity index (χ4v) is 5.68. The molecule has 162 valence electrons. The number of aryl methyl sites for hydroxylation is 1. The zero-order chi connectivity index (χ0) is 22.3. The van der Waals surface area contributed by atoms with E-state index in [0.717, 1.165) is 29.9 Å². The minimum Gasteiger partial charge on any atom is -0.325 e. The predicted octanol–water partition coefficient (Wildman–Crippen LogP) is 4.43. The molecule has 3 aromatic rings. The molecule has 1 saturated carbocycles. The highest BCUT2D eigenvalue weighted by atomic mass is 32.2. The number of nitrogens with zero attached hydrogens (tertiary/aromatic N) is 2. The molecule has 1 aliphatic carbocycles. The van der Waals surface area contributed by atoms with Crippen molar-refractivity contribution in [2.45, 2.75) is 37.6 Å². The topological polar surface area (TPSA) is 101 Å². The van der Waals surface area contributed by atoms with E-state index in [-0.39, 0.29) is 22.0 Å². The number of anilines is 2. The van der Waals surface area contributed by atoms with E-state index in [1.165, 1.54) is 36.6 Å². The second-order valence-electron chi connectivity index (χ2n) is 7.27. The lowest BCUT2D eigenvalue weighted by atomic mass is 10.1. The first-order valence-corrected chi connectivity index (χ1v) is 11.7. The second kappa shape index (κ2) is 7.97. The largest absolute Gasteiger partial charge is 0.325 e. The Morgan fingerprint density at radius 1 is 1.19 bits per heavy atom. The molecule has 0 bridgehead atoms. The fraction of sp³-hybridized carbons (Fsp3) is 0.250. The molecule has 1 aliphatic rings. The third-order valence-corrected chi connectivity index (χ3v) is 7.28. The first-order valence-electron chi connectivity index (χ1n) is 9.37. The number of rotatable bonds is 6. The maximum atomic E-state index is 13.7. The third-order valence-electron chi connectivity index (χ3n) is 4.62. The Balaban J connectivity index is 1.66. The number of thiazole rings is 1. The maximum Gasteiger partial charge on any atom is 0.281 e. The summed E-state index contributed by atoms with van der Waals surface area (Å²) in [5, 5.41) is 2.47. The molecule has 2 N–H and O–H groups in total. The van der Waals surface area contributed by atoms with Crippen molar-refractivity contribution >= 4 is 38.1 Å². The summed E-state index contributed by atoms with van der Waals surface area (Å²) < 4.78 is 55.3. The van der Waals surface area contributed by atoms with Gasteiger partial charge in [0, 0.05) is 17.4 Å². The molecule has 0 aliphatic heterocycles. The van der Waals surface area contributed by atoms with Crippen LogP contribution in [0, 0.1) is 18.6 Å². The lowest BCUT2D eigenvalue weighted by molar-refractivity contribution is -0.114. The first-order chi connectivity index (χ1) is 14.6. The zero-order valence-electron chi connectivity index (χ0n) is 16.6. The van der Waals surface area contributed by atoms with Crippen LogP contribution in [0.5, 0.6) is 0 Å². The molecule has 31 heavy (non-hydrogen) atoms. The van der Waals surface area contributed by atoms with Gasteiger partial charge in [-0.2, -0.15) is 8.42 Å². The van der Waals surface area contributed by atoms with Gasteiger partial charge in [-0.15, -0.1) is 11.3 Å². The average molecular weight is 465 g/mol. The van der Waals surface area contributed by atoms with E-state index in [1.807, 2.05) is 0 Å². The van der Waals surface area contributed by atoms with Crippen molar-refractivity contribution in [2.75, 3.05) is 10.0 Å². The summed E-state index contributed by atoms with van der Waals surface area (Å²) in [6.07, 6.45) is 3.11. The third kappa shape index (κ3) is 4.57. The Morgan fingerprint density at radius 3 is 2.55 bits per heavy atom. The van der Waals surface area contributed by atoms with Gasteiger partial charge in [0.1, 0.15) is 0 Å². The number of benzene rings is 1. The van der Waals surface area contributed by atoms with Crippen LogP contribution in [0.3, 0.4) is 0 Å². The van der Waals surface area contributed by atoms with Crippen molar-refractivity contribution in [3.63, 3.8) is 0 Å². The smallest absolute Gasteiger partial charge is 0.281 e. The number of pyridine rings is 1. The van der Waals surface area contributed by atoms with Crippen LogP contribution in [0.25, 0.3) is 11.3 Å². The summed E-state index contributed by atoms with van der Waals surface area (Å²) in [6, 6.07) is 5.01. The summed E-state index contributed by atoms with van der Waals surface area (Å²) in [4.78, 5) is 20.3. The zero-order valence-corrected chi connectivity index (χ0v) is 18.2. The van der Waals surface area contributed by atoms with E-state index >= 15 is 0 Å². The molecule has 7 nitrogen and oxygen atoms in total. The number of hydrogen-bond acceptors (Lipinski definition) is 6. The number of carbonyl (C=O) groups excluding carboxylic acids is 1. The highest BCUT2D eigenvalue weighted by Crippen LogP contribution is 2.48. The van der Waals surface area contributed by atoms with Gasteiger partial charge in [0.05, 0.1) is 17.6 Å². The van der Waals surface area contributed by atoms with Gasteiger partial charge in [0.15, 0.2) is 21.8 Å². The molecule has 1 fully saturated rings. The van der Waals surface area contributed by atoms with Crippen LogP contribution in [0.15, 0.2) is 35.5 Å². The van der Waals surface area contributed by atoms with Crippen molar-refractivity contribution in [1.82, 2.24) is 9.97 Å². The lowest BCUT2D eigenvalue weighted by Crippen LogP contribution is -2.16. The minimum absolute atomic E-state index is 0.119. The van der Waals surface area contributed by atoms with E-state index in [2.05, 4.69) is 20.0 Å². The molecule has 4 rings (SSSR count). The van der Waals surface area contributed by atoms with Crippen LogP contribution >= 0.6 is 11.3 Å². The second-order valence-corrected chi connectivity index (χ2v) is 9.90. The van der Waals surface area contributed by atoms with Crippen LogP contribution in [-0.2, 0) is 14.8 Å². The summed E-state index contributed by atoms with van der Waals surface area (Å²) in [5.41, 5.74) is 1.56. The molecule has 0 unspecified atom stereocenters. The minimum atomic E-state index is -4.05. The van der Waals surface area contributed by atoms with E-state index < -0.39 is 21.7 Å². The summed E-state index contributed by atoms with van der Waals surface area (Å²) in [6.45, 7) is 2.91. The van der Waals surface area contributed by atoms with Gasteiger partial charge in [0.25, 0.3) is 10.0 Å². The molecular formula is C20H18F2N4O3S2. The van der Waals surface area contributed by atoms with Gasteiger partial charge < -0.3 is 5.32 Å². The Hall–Kier alpha value is -2.92. The molecule has 0 radical (unpaired) electrons. The molecule has 0 atom stereocenters. The number of halogens is 2. The predicted molar refractivity (Wildman–Crippen MR) is 114 cm³/mol. The standard InChI is InChI=1S/C20H18F2N4O3S2/c1-10-7-14(24-11(2)27)9-23-19(10)31(28,29)26-20-25-17(18(30-20)12-3-4-12)13-5-6-15(21)16(22)8-13/h5-9,12H,3-4H2,1-2H3,(H,24,27)(H,25,26). The Kier molecular flexibility index (Phi) is 5.48. The van der Waals surface area contributed by atoms with E-state index in [1.54, 1.807) is 6.92 Å². The van der Waals surface area contributed by atoms with Crippen molar-refractivity contribution in [2.24, 2.45) is 0 Å². The lowest BCUT2D eigenvalue weighted by Gasteiger charge is -2.09. The molecular weight excluding hydrogens is 446 g/mol. The van der Waals surface area contributed by atoms with Crippen molar-refractivity contribution in [1.29, 1.82) is 0 Å². The number of nitrogens with one attached hydrogen (secondary N) is 2. The Labute approximate surface area is 181 Å². The van der Waals surface area contributed by atoms with Gasteiger partial charge in [-0.05, 0) is 55.5 Å². The molecule has 2 heterocycles. The van der Waals surface area contributed by atoms with Crippen LogP contribution in [-0.4, -0.2) is 24.3 Å². The SMILES string of the molecule is CC(=O)Nc1cnc(S(=O)(=O)Nc2nc(-c3ccc(F)c(F)c3)c(C3CC3)s2)c(C)c1. The summed E-state index contributed by atoms with van der Waals surface area (Å²) in [5.74, 6) is -2.03. The summed E-state index contributed by atoms with van der Waals surface area (Å²) >= 11 is 1.17. The number of aromatic nitrogens is 2. The molecule has 0 saturated heterocycles. The monoisotopic (exact) mass is 464 g/mol. The van der Waals surface area contributed by atoms with Gasteiger partial charge in [-0.25, -0.2) is 18.7 Å². The normalized spacial score (nSPS) is 13.8. The van der Waals surface area contributed by atoms with Crippen LogP contribution in [0.1, 0.15) is 36.1 Å². The first kappa shape index (κ1) is 21.3. The van der Waals surface area contributed by atoms with E-state index in [4.69, 9.17) is 0 Å². The highest BCUT2D eigenvalue weighted by molar-refractivity contribution is 7.92. The van der Waals surface area contributed by atoms with Gasteiger partial charge >= 0.3 is 0 Å². The Morgan fingerprint density at radius 2 is 1.94 bits per heavy atom. The highest BCUT2D eigenvalue weighted by Gasteiger charge is 2.31. The maximum absolute atomic E-state index is 13.7. The fourth-order valence-electron chi connectivity index (χ4n) is 3.13. The Bertz CT molecular complexity index is 1290. The molecule has 11 heteroatoms. The van der Waals surface area contributed by atoms with Gasteiger partial charge in [0.2, 0.25) is 5.91 Å². The number of carbonyl (C=O) groups is 1. The van der Waals surface area contributed by atoms with Crippen molar-refractivity contribution < 1.29 is 22.0 Å².